The summed E-state index contributed by atoms with van der Waals surface area (Å²) in [4.78, 5) is 9.12. The van der Waals surface area contributed by atoms with Crippen LogP contribution in [0.5, 0.6) is 0 Å². The second kappa shape index (κ2) is 9.03. The number of benzene rings is 1. The number of nitrogens with one attached hydrogen (secondary N) is 2. The number of nitrogens with zero attached hydrogens (tertiary/aromatic N) is 2. The van der Waals surface area contributed by atoms with Gasteiger partial charge in [0.05, 0.1) is 10.2 Å². The van der Waals surface area contributed by atoms with Crippen molar-refractivity contribution in [2.45, 2.75) is 20.4 Å². The van der Waals surface area contributed by atoms with Gasteiger partial charge in [0.25, 0.3) is 0 Å². The van der Waals surface area contributed by atoms with Gasteiger partial charge in [-0.2, -0.15) is 0 Å². The molecule has 0 aliphatic rings. The van der Waals surface area contributed by atoms with Gasteiger partial charge < -0.3 is 15.1 Å². The van der Waals surface area contributed by atoms with Gasteiger partial charge in [-0.25, -0.2) is 9.98 Å². The summed E-state index contributed by atoms with van der Waals surface area (Å²) < 4.78 is 7.06. The van der Waals surface area contributed by atoms with E-state index in [1.54, 1.807) is 11.3 Å². The zero-order valence-corrected chi connectivity index (χ0v) is 16.9. The summed E-state index contributed by atoms with van der Waals surface area (Å²) in [5.41, 5.74) is 1.00. The minimum atomic E-state index is 0. The van der Waals surface area contributed by atoms with Gasteiger partial charge in [-0.3, -0.25) is 0 Å². The molecule has 0 amide bonds. The summed E-state index contributed by atoms with van der Waals surface area (Å²) in [6.07, 6.45) is 0. The van der Waals surface area contributed by atoms with E-state index in [1.165, 1.54) is 4.70 Å². The van der Waals surface area contributed by atoms with E-state index in [0.29, 0.717) is 6.54 Å². The SMILES string of the molecule is CCNC(=NCc1ccc(-c2nc3ccccc3s2)o1)NCC.I. The topological polar surface area (TPSA) is 62.5 Å². The van der Waals surface area contributed by atoms with E-state index in [2.05, 4.69) is 26.7 Å². The number of halogens is 1. The highest BCUT2D eigenvalue weighted by Crippen LogP contribution is 2.31. The molecule has 0 bridgehead atoms. The first kappa shape index (κ1) is 18.7. The van der Waals surface area contributed by atoms with E-state index < -0.39 is 0 Å². The van der Waals surface area contributed by atoms with Crippen molar-refractivity contribution in [3.8, 4) is 10.8 Å². The molecule has 0 aliphatic heterocycles. The Morgan fingerprint density at radius 1 is 1.12 bits per heavy atom. The maximum atomic E-state index is 5.89. The Morgan fingerprint density at radius 3 is 2.58 bits per heavy atom. The molecule has 2 aromatic heterocycles. The lowest BCUT2D eigenvalue weighted by Crippen LogP contribution is -2.36. The van der Waals surface area contributed by atoms with Crippen molar-refractivity contribution in [3.05, 3.63) is 42.2 Å². The number of fused-ring (bicyclic) bond motifs is 1. The zero-order chi connectivity index (χ0) is 16.1. The van der Waals surface area contributed by atoms with Crippen molar-refractivity contribution in [1.29, 1.82) is 0 Å². The molecule has 2 heterocycles. The quantitative estimate of drug-likeness (QED) is 0.343. The number of thiazole rings is 1. The van der Waals surface area contributed by atoms with E-state index in [0.717, 1.165) is 41.1 Å². The normalized spacial score (nSPS) is 10.2. The molecule has 0 atom stereocenters. The summed E-state index contributed by atoms with van der Waals surface area (Å²) in [5, 5.41) is 7.30. The predicted molar refractivity (Wildman–Crippen MR) is 111 cm³/mol. The summed E-state index contributed by atoms with van der Waals surface area (Å²) >= 11 is 1.64. The van der Waals surface area contributed by atoms with Crippen LogP contribution in [0.4, 0.5) is 0 Å². The number of furan rings is 1. The molecule has 1 aromatic carbocycles. The monoisotopic (exact) mass is 456 g/mol. The van der Waals surface area contributed by atoms with Crippen molar-refractivity contribution >= 4 is 51.5 Å². The average Bonchev–Trinajstić information content (AvgIpc) is 3.19. The van der Waals surface area contributed by atoms with Gasteiger partial charge in [-0.15, -0.1) is 35.3 Å². The molecule has 0 aliphatic carbocycles. The van der Waals surface area contributed by atoms with Gasteiger partial charge in [0.1, 0.15) is 12.3 Å². The molecule has 0 spiro atoms. The molecule has 0 saturated heterocycles. The second-order valence-corrected chi connectivity index (χ2v) is 6.01. The van der Waals surface area contributed by atoms with Crippen LogP contribution in [0.2, 0.25) is 0 Å². The van der Waals surface area contributed by atoms with Crippen LogP contribution in [-0.4, -0.2) is 24.0 Å². The lowest BCUT2D eigenvalue weighted by molar-refractivity contribution is 0.524. The number of rotatable bonds is 5. The Morgan fingerprint density at radius 2 is 1.88 bits per heavy atom. The molecular formula is C17H21IN4OS. The Bertz CT molecular complexity index is 771. The van der Waals surface area contributed by atoms with Crippen LogP contribution in [0, 0.1) is 0 Å². The van der Waals surface area contributed by atoms with E-state index >= 15 is 0 Å². The smallest absolute Gasteiger partial charge is 0.191 e. The summed E-state index contributed by atoms with van der Waals surface area (Å²) in [5.74, 6) is 2.42. The van der Waals surface area contributed by atoms with E-state index in [-0.39, 0.29) is 24.0 Å². The average molecular weight is 456 g/mol. The van der Waals surface area contributed by atoms with E-state index in [4.69, 9.17) is 4.42 Å². The van der Waals surface area contributed by atoms with Crippen molar-refractivity contribution in [2.24, 2.45) is 4.99 Å². The van der Waals surface area contributed by atoms with Crippen molar-refractivity contribution < 1.29 is 4.42 Å². The van der Waals surface area contributed by atoms with Gasteiger partial charge in [-0.1, -0.05) is 12.1 Å². The fraction of sp³-hybridized carbons (Fsp3) is 0.294. The third-order valence-corrected chi connectivity index (χ3v) is 4.30. The summed E-state index contributed by atoms with van der Waals surface area (Å²) in [7, 11) is 0. The van der Waals surface area contributed by atoms with Crippen molar-refractivity contribution in [3.63, 3.8) is 0 Å². The molecule has 3 rings (SSSR count). The van der Waals surface area contributed by atoms with Gasteiger partial charge in [-0.05, 0) is 38.1 Å². The molecule has 2 N–H and O–H groups in total. The maximum absolute atomic E-state index is 5.89. The van der Waals surface area contributed by atoms with Crippen LogP contribution in [0.3, 0.4) is 0 Å². The first-order valence-electron chi connectivity index (χ1n) is 7.77. The molecular weight excluding hydrogens is 435 g/mol. The standard InChI is InChI=1S/C17H20N4OS.HI/c1-3-18-17(19-4-2)20-11-12-9-10-14(22-12)16-21-13-7-5-6-8-15(13)23-16;/h5-10H,3-4,11H2,1-2H3,(H2,18,19,20);1H. The van der Waals surface area contributed by atoms with Crippen LogP contribution in [0.1, 0.15) is 19.6 Å². The van der Waals surface area contributed by atoms with Crippen molar-refractivity contribution in [2.75, 3.05) is 13.1 Å². The molecule has 5 nitrogen and oxygen atoms in total. The fourth-order valence-electron chi connectivity index (χ4n) is 2.22. The zero-order valence-electron chi connectivity index (χ0n) is 13.7. The van der Waals surface area contributed by atoms with Gasteiger partial charge >= 0.3 is 0 Å². The lowest BCUT2D eigenvalue weighted by Gasteiger charge is -2.08. The largest absolute Gasteiger partial charge is 0.457 e. The molecule has 7 heteroatoms. The number of para-hydroxylation sites is 1. The third-order valence-electron chi connectivity index (χ3n) is 3.25. The lowest BCUT2D eigenvalue weighted by atomic mass is 10.3. The number of aliphatic imine (C=N–C) groups is 1. The highest BCUT2D eigenvalue weighted by atomic mass is 127. The molecule has 128 valence electrons. The molecule has 0 unspecified atom stereocenters. The van der Waals surface area contributed by atoms with Crippen LogP contribution < -0.4 is 10.6 Å². The minimum absolute atomic E-state index is 0. The number of aromatic nitrogens is 1. The van der Waals surface area contributed by atoms with Gasteiger partial charge in [0, 0.05) is 13.1 Å². The highest BCUT2D eigenvalue weighted by molar-refractivity contribution is 14.0. The number of hydrogen-bond acceptors (Lipinski definition) is 4. The fourth-order valence-corrected chi connectivity index (χ4v) is 3.15. The predicted octanol–water partition coefficient (Wildman–Crippen LogP) is 4.25. The van der Waals surface area contributed by atoms with Crippen molar-refractivity contribution in [1.82, 2.24) is 15.6 Å². The van der Waals surface area contributed by atoms with E-state index in [1.807, 2.05) is 44.2 Å². The molecule has 0 saturated carbocycles. The van der Waals surface area contributed by atoms with Crippen LogP contribution >= 0.6 is 35.3 Å². The number of hydrogen-bond donors (Lipinski definition) is 2. The first-order chi connectivity index (χ1) is 11.3. The summed E-state index contributed by atoms with van der Waals surface area (Å²) in [6.45, 7) is 6.26. The number of guanidine groups is 1. The van der Waals surface area contributed by atoms with Crippen LogP contribution in [0.25, 0.3) is 21.0 Å². The minimum Gasteiger partial charge on any atom is -0.457 e. The third kappa shape index (κ3) is 4.47. The molecule has 0 fully saturated rings. The molecule has 24 heavy (non-hydrogen) atoms. The Labute approximate surface area is 162 Å². The van der Waals surface area contributed by atoms with Crippen LogP contribution in [0.15, 0.2) is 45.8 Å². The Hall–Kier alpha value is -1.61. The van der Waals surface area contributed by atoms with Gasteiger partial charge in [0.15, 0.2) is 16.7 Å². The summed E-state index contributed by atoms with van der Waals surface area (Å²) in [6, 6.07) is 12.0. The highest BCUT2D eigenvalue weighted by Gasteiger charge is 2.10. The Balaban J connectivity index is 0.00000208. The van der Waals surface area contributed by atoms with Gasteiger partial charge in [0.2, 0.25) is 0 Å². The van der Waals surface area contributed by atoms with Crippen LogP contribution in [-0.2, 0) is 6.54 Å². The van der Waals surface area contributed by atoms with E-state index in [9.17, 15) is 0 Å². The Kier molecular flexibility index (Phi) is 7.04. The maximum Gasteiger partial charge on any atom is 0.191 e. The first-order valence-corrected chi connectivity index (χ1v) is 8.58. The second-order valence-electron chi connectivity index (χ2n) is 4.98. The molecule has 0 radical (unpaired) electrons. The molecule has 3 aromatic rings.